The van der Waals surface area contributed by atoms with Gasteiger partial charge in [0.25, 0.3) is 0 Å². The molecule has 3 aliphatic carbocycles. The van der Waals surface area contributed by atoms with Gasteiger partial charge in [0.2, 0.25) is 11.8 Å². The third-order valence-electron chi connectivity index (χ3n) is 8.13. The number of hydrogen-bond donors (Lipinski definition) is 1. The molecule has 0 radical (unpaired) electrons. The maximum absolute atomic E-state index is 13.8. The molecule has 0 spiro atoms. The lowest BCUT2D eigenvalue weighted by molar-refractivity contribution is -0.150. The van der Waals surface area contributed by atoms with Crippen LogP contribution in [-0.4, -0.2) is 34.3 Å². The number of carboxylic acids is 1. The van der Waals surface area contributed by atoms with Gasteiger partial charge in [0.05, 0.1) is 10.8 Å². The van der Waals surface area contributed by atoms with Crippen LogP contribution in [-0.2, 0) is 14.4 Å². The number of likely N-dealkylation sites (tertiary alicyclic amines) is 1. The summed E-state index contributed by atoms with van der Waals surface area (Å²) in [7, 11) is 0. The smallest absolute Gasteiger partial charge is 0.323 e. The van der Waals surface area contributed by atoms with Crippen molar-refractivity contribution in [2.75, 3.05) is 6.54 Å². The molecule has 2 bridgehead atoms. The number of imide groups is 1. The number of carbonyl (C=O) groups excluding carboxylic acids is 2. The molecule has 2 amide bonds. The minimum absolute atomic E-state index is 0.312. The zero-order valence-corrected chi connectivity index (χ0v) is 17.3. The van der Waals surface area contributed by atoms with Gasteiger partial charge in [0.1, 0.15) is 6.54 Å². The van der Waals surface area contributed by atoms with Crippen molar-refractivity contribution < 1.29 is 19.5 Å². The number of aliphatic carboxylic acids is 1. The zero-order chi connectivity index (χ0) is 21.7. The Kier molecular flexibility index (Phi) is 3.31. The van der Waals surface area contributed by atoms with E-state index < -0.39 is 23.3 Å². The molecule has 1 saturated heterocycles. The zero-order valence-electron chi connectivity index (χ0n) is 17.3. The van der Waals surface area contributed by atoms with Crippen LogP contribution in [0.3, 0.4) is 0 Å². The number of hydrogen-bond acceptors (Lipinski definition) is 3. The van der Waals surface area contributed by atoms with Crippen LogP contribution in [0.4, 0.5) is 0 Å². The van der Waals surface area contributed by atoms with Crippen molar-refractivity contribution in [3.05, 3.63) is 82.9 Å². The molecule has 3 aromatic carbocycles. The molecule has 4 atom stereocenters. The molecule has 0 saturated carbocycles. The number of amides is 2. The fourth-order valence-corrected chi connectivity index (χ4v) is 6.69. The highest BCUT2D eigenvalue weighted by Gasteiger charge is 2.75. The number of rotatable bonds is 2. The van der Waals surface area contributed by atoms with E-state index in [2.05, 4.69) is 30.3 Å². The highest BCUT2D eigenvalue weighted by molar-refractivity contribution is 6.14. The quantitative estimate of drug-likeness (QED) is 0.649. The van der Waals surface area contributed by atoms with Crippen LogP contribution >= 0.6 is 0 Å². The second kappa shape index (κ2) is 5.61. The van der Waals surface area contributed by atoms with Gasteiger partial charge in [0.15, 0.2) is 0 Å². The summed E-state index contributed by atoms with van der Waals surface area (Å²) in [5.41, 5.74) is 2.19. The topological polar surface area (TPSA) is 74.7 Å². The predicted molar refractivity (Wildman–Crippen MR) is 115 cm³/mol. The molecule has 0 aromatic heterocycles. The minimum atomic E-state index is -1.18. The fourth-order valence-electron chi connectivity index (χ4n) is 6.69. The van der Waals surface area contributed by atoms with Crippen LogP contribution in [0.5, 0.6) is 0 Å². The summed E-state index contributed by atoms with van der Waals surface area (Å²) in [5, 5.41) is 11.6. The first-order valence-electron chi connectivity index (χ1n) is 10.5. The summed E-state index contributed by atoms with van der Waals surface area (Å²) >= 11 is 0. The first-order chi connectivity index (χ1) is 14.8. The van der Waals surface area contributed by atoms with Crippen molar-refractivity contribution in [3.63, 3.8) is 0 Å². The van der Waals surface area contributed by atoms with Gasteiger partial charge >= 0.3 is 5.97 Å². The van der Waals surface area contributed by atoms with Crippen LogP contribution < -0.4 is 0 Å². The van der Waals surface area contributed by atoms with Gasteiger partial charge in [-0.1, -0.05) is 60.7 Å². The molecule has 0 unspecified atom stereocenters. The molecule has 1 heterocycles. The van der Waals surface area contributed by atoms with Crippen LogP contribution in [0.25, 0.3) is 10.8 Å². The van der Waals surface area contributed by atoms with E-state index in [0.29, 0.717) is 0 Å². The SMILES string of the molecule is C[C@@]12C(=O)N(CC(=O)O)C(=O)[C@]1(C)[C@H]1c3ccccc3[C@@H]2c2c1ccc1ccccc21. The summed E-state index contributed by atoms with van der Waals surface area (Å²) in [5.74, 6) is -2.58. The highest BCUT2D eigenvalue weighted by Crippen LogP contribution is 2.73. The van der Waals surface area contributed by atoms with Crippen LogP contribution in [0.15, 0.2) is 60.7 Å². The number of nitrogens with zero attached hydrogens (tertiary/aromatic N) is 1. The molecule has 31 heavy (non-hydrogen) atoms. The number of benzene rings is 3. The lowest BCUT2D eigenvalue weighted by Crippen LogP contribution is -2.56. The van der Waals surface area contributed by atoms with Crippen molar-refractivity contribution in [2.24, 2.45) is 10.8 Å². The third-order valence-corrected chi connectivity index (χ3v) is 8.13. The van der Waals surface area contributed by atoms with Crippen molar-refractivity contribution in [1.29, 1.82) is 0 Å². The molecule has 154 valence electrons. The van der Waals surface area contributed by atoms with E-state index >= 15 is 0 Å². The van der Waals surface area contributed by atoms with Gasteiger partial charge in [-0.3, -0.25) is 19.3 Å². The van der Waals surface area contributed by atoms with Crippen molar-refractivity contribution in [2.45, 2.75) is 25.7 Å². The third kappa shape index (κ3) is 1.86. The molecule has 1 aliphatic heterocycles. The van der Waals surface area contributed by atoms with Crippen molar-refractivity contribution in [3.8, 4) is 0 Å². The van der Waals surface area contributed by atoms with Gasteiger partial charge in [-0.15, -0.1) is 0 Å². The van der Waals surface area contributed by atoms with Crippen LogP contribution in [0.1, 0.15) is 47.9 Å². The Balaban J connectivity index is 1.74. The molecule has 5 heteroatoms. The molecule has 3 aromatic rings. The van der Waals surface area contributed by atoms with E-state index in [1.807, 2.05) is 44.2 Å². The average molecular weight is 411 g/mol. The fraction of sp³-hybridized carbons (Fsp3) is 0.269. The molecule has 1 fully saturated rings. The van der Waals surface area contributed by atoms with Gasteiger partial charge in [-0.2, -0.15) is 0 Å². The minimum Gasteiger partial charge on any atom is -0.480 e. The molecule has 1 N–H and O–H groups in total. The summed E-state index contributed by atoms with van der Waals surface area (Å²) < 4.78 is 0. The maximum Gasteiger partial charge on any atom is 0.323 e. The lowest BCUT2D eigenvalue weighted by atomic mass is 9.42. The van der Waals surface area contributed by atoms with E-state index in [0.717, 1.165) is 37.9 Å². The maximum atomic E-state index is 13.8. The molecule has 7 rings (SSSR count). The molecular weight excluding hydrogens is 390 g/mol. The first kappa shape index (κ1) is 18.3. The Morgan fingerprint density at radius 1 is 0.839 bits per heavy atom. The van der Waals surface area contributed by atoms with E-state index in [9.17, 15) is 19.5 Å². The Bertz CT molecular complexity index is 1340. The normalized spacial score (nSPS) is 30.3. The summed E-state index contributed by atoms with van der Waals surface area (Å²) in [6.07, 6.45) is 0. The van der Waals surface area contributed by atoms with Gasteiger partial charge < -0.3 is 5.11 Å². The monoisotopic (exact) mass is 411 g/mol. The number of fused-ring (bicyclic) bond motifs is 1. The van der Waals surface area contributed by atoms with Crippen molar-refractivity contribution in [1.82, 2.24) is 4.90 Å². The average Bonchev–Trinajstić information content (AvgIpc) is 2.92. The largest absolute Gasteiger partial charge is 0.480 e. The van der Waals surface area contributed by atoms with E-state index in [4.69, 9.17) is 0 Å². The standard InChI is InChI=1S/C26H21NO4/c1-25-21-16-9-5-6-10-17(16)22(20-15-8-4-3-7-14(15)11-12-18(20)21)26(25,2)24(31)27(23(25)30)13-19(28)29/h3-12,21-22H,13H2,1-2H3,(H,28,29)/t21-,22+,25-,26+/m0/s1. The number of carbonyl (C=O) groups is 3. The van der Waals surface area contributed by atoms with Gasteiger partial charge in [0, 0.05) is 11.8 Å². The van der Waals surface area contributed by atoms with E-state index in [1.165, 1.54) is 0 Å². The van der Waals surface area contributed by atoms with Crippen molar-refractivity contribution >= 4 is 28.6 Å². The van der Waals surface area contributed by atoms with Gasteiger partial charge in [-0.25, -0.2) is 0 Å². The Hall–Kier alpha value is -3.47. The summed E-state index contributed by atoms with van der Waals surface area (Å²) in [4.78, 5) is 40.0. The summed E-state index contributed by atoms with van der Waals surface area (Å²) in [6.45, 7) is 3.13. The second-order valence-electron chi connectivity index (χ2n) is 9.28. The van der Waals surface area contributed by atoms with Crippen LogP contribution in [0, 0.1) is 10.8 Å². The molecule has 5 nitrogen and oxygen atoms in total. The lowest BCUT2D eigenvalue weighted by Gasteiger charge is -2.57. The Morgan fingerprint density at radius 3 is 2.10 bits per heavy atom. The van der Waals surface area contributed by atoms with E-state index in [-0.39, 0.29) is 23.7 Å². The van der Waals surface area contributed by atoms with E-state index in [1.54, 1.807) is 0 Å². The second-order valence-corrected chi connectivity index (χ2v) is 9.28. The Labute approximate surface area is 179 Å². The molecular formula is C26H21NO4. The summed E-state index contributed by atoms with van der Waals surface area (Å²) in [6, 6.07) is 20.3. The van der Waals surface area contributed by atoms with Crippen LogP contribution in [0.2, 0.25) is 0 Å². The molecule has 4 aliphatic rings. The highest BCUT2D eigenvalue weighted by atomic mass is 16.4. The number of carboxylic acid groups (broad SMARTS) is 1. The Morgan fingerprint density at radius 2 is 1.42 bits per heavy atom. The van der Waals surface area contributed by atoms with Gasteiger partial charge in [-0.05, 0) is 46.9 Å². The predicted octanol–water partition coefficient (Wildman–Crippen LogP) is 3.90. The first-order valence-corrected chi connectivity index (χ1v) is 10.5.